The molecule has 0 aliphatic heterocycles. The molecule has 2 N–H and O–H groups in total. The Morgan fingerprint density at radius 2 is 2.11 bits per heavy atom. The summed E-state index contributed by atoms with van der Waals surface area (Å²) in [6.07, 6.45) is 0.229. The molecule has 98 valence electrons. The van der Waals surface area contributed by atoms with Gasteiger partial charge in [-0.15, -0.1) is 0 Å². The molecule has 0 spiro atoms. The lowest BCUT2D eigenvalue weighted by Crippen LogP contribution is -2.44. The predicted molar refractivity (Wildman–Crippen MR) is 62.6 cm³/mol. The monoisotopic (exact) mass is 254 g/mol. The van der Waals surface area contributed by atoms with Gasteiger partial charge >= 0.3 is 5.97 Å². The lowest BCUT2D eigenvalue weighted by atomic mass is 9.98. The Labute approximate surface area is 104 Å². The summed E-state index contributed by atoms with van der Waals surface area (Å²) in [6.45, 7) is 3.40. The largest absolute Gasteiger partial charge is 0.481 e. The standard InChI is InChI=1S/C12H15FN2O3/c1-12(2,7-6-10(16)17)15-11(18)8-4-3-5-9(13)14-8/h3-5H,6-7H2,1-2H3,(H,15,18)(H,16,17). The summed E-state index contributed by atoms with van der Waals surface area (Å²) in [4.78, 5) is 25.7. The van der Waals surface area contributed by atoms with Crippen molar-refractivity contribution < 1.29 is 19.1 Å². The minimum Gasteiger partial charge on any atom is -0.481 e. The lowest BCUT2D eigenvalue weighted by molar-refractivity contribution is -0.137. The second kappa shape index (κ2) is 5.57. The summed E-state index contributed by atoms with van der Waals surface area (Å²) < 4.78 is 12.8. The van der Waals surface area contributed by atoms with E-state index in [4.69, 9.17) is 5.11 Å². The first-order chi connectivity index (χ1) is 8.30. The zero-order valence-corrected chi connectivity index (χ0v) is 10.2. The third-order valence-corrected chi connectivity index (χ3v) is 2.36. The van der Waals surface area contributed by atoms with E-state index in [0.717, 1.165) is 6.07 Å². The summed E-state index contributed by atoms with van der Waals surface area (Å²) in [5.41, 5.74) is -0.720. The van der Waals surface area contributed by atoms with Gasteiger partial charge < -0.3 is 10.4 Å². The van der Waals surface area contributed by atoms with Gasteiger partial charge in [0.15, 0.2) is 0 Å². The molecule has 1 heterocycles. The molecule has 0 aliphatic rings. The van der Waals surface area contributed by atoms with Gasteiger partial charge in [-0.05, 0) is 32.4 Å². The molecule has 0 saturated carbocycles. The maximum Gasteiger partial charge on any atom is 0.303 e. The number of aliphatic carboxylic acids is 1. The van der Waals surface area contributed by atoms with E-state index in [9.17, 15) is 14.0 Å². The van der Waals surface area contributed by atoms with Crippen LogP contribution in [0, 0.1) is 5.95 Å². The number of halogens is 1. The Morgan fingerprint density at radius 1 is 1.44 bits per heavy atom. The molecule has 0 aliphatic carbocycles. The van der Waals surface area contributed by atoms with Crippen LogP contribution in [-0.4, -0.2) is 27.5 Å². The Morgan fingerprint density at radius 3 is 2.67 bits per heavy atom. The summed E-state index contributed by atoms with van der Waals surface area (Å²) in [7, 11) is 0. The molecule has 0 fully saturated rings. The molecule has 0 saturated heterocycles. The third kappa shape index (κ3) is 4.48. The van der Waals surface area contributed by atoms with Crippen LogP contribution in [0.2, 0.25) is 0 Å². The Bertz CT molecular complexity index is 460. The number of carboxylic acid groups (broad SMARTS) is 1. The number of nitrogens with zero attached hydrogens (tertiary/aromatic N) is 1. The number of pyridine rings is 1. The molecule has 1 rings (SSSR count). The van der Waals surface area contributed by atoms with Crippen molar-refractivity contribution in [3.05, 3.63) is 29.8 Å². The van der Waals surface area contributed by atoms with Crippen molar-refractivity contribution in [3.63, 3.8) is 0 Å². The molecule has 1 aromatic heterocycles. The van der Waals surface area contributed by atoms with Gasteiger partial charge in [0.2, 0.25) is 5.95 Å². The van der Waals surface area contributed by atoms with Crippen molar-refractivity contribution in [1.82, 2.24) is 10.3 Å². The number of rotatable bonds is 5. The Hall–Kier alpha value is -1.98. The molecule has 1 amide bonds. The second-order valence-corrected chi connectivity index (χ2v) is 4.58. The lowest BCUT2D eigenvalue weighted by Gasteiger charge is -2.25. The van der Waals surface area contributed by atoms with Gasteiger partial charge in [-0.25, -0.2) is 4.98 Å². The Balaban J connectivity index is 2.66. The quantitative estimate of drug-likeness (QED) is 0.782. The van der Waals surface area contributed by atoms with E-state index in [-0.39, 0.29) is 18.5 Å². The van der Waals surface area contributed by atoms with Crippen molar-refractivity contribution >= 4 is 11.9 Å². The number of nitrogens with one attached hydrogen (secondary N) is 1. The van der Waals surface area contributed by atoms with Gasteiger partial charge in [-0.1, -0.05) is 6.07 Å². The number of hydrogen-bond donors (Lipinski definition) is 2. The highest BCUT2D eigenvalue weighted by Crippen LogP contribution is 2.12. The number of carbonyl (C=O) groups excluding carboxylic acids is 1. The summed E-state index contributed by atoms with van der Waals surface area (Å²) in [5.74, 6) is -2.18. The van der Waals surface area contributed by atoms with Crippen LogP contribution in [0.1, 0.15) is 37.2 Å². The van der Waals surface area contributed by atoms with E-state index in [1.54, 1.807) is 13.8 Å². The van der Waals surface area contributed by atoms with Crippen molar-refractivity contribution in [2.75, 3.05) is 0 Å². The molecule has 6 heteroatoms. The Kier molecular flexibility index (Phi) is 4.36. The normalized spacial score (nSPS) is 11.1. The number of amides is 1. The first kappa shape index (κ1) is 14.1. The number of hydrogen-bond acceptors (Lipinski definition) is 3. The molecule has 0 unspecified atom stereocenters. The van der Waals surface area contributed by atoms with Crippen LogP contribution in [0.3, 0.4) is 0 Å². The average Bonchev–Trinajstić information content (AvgIpc) is 2.26. The van der Waals surface area contributed by atoms with Crippen LogP contribution < -0.4 is 5.32 Å². The molecule has 0 aromatic carbocycles. The average molecular weight is 254 g/mol. The van der Waals surface area contributed by atoms with E-state index in [2.05, 4.69) is 10.3 Å². The third-order valence-electron chi connectivity index (χ3n) is 2.36. The van der Waals surface area contributed by atoms with Crippen LogP contribution in [0.25, 0.3) is 0 Å². The summed E-state index contributed by atoms with van der Waals surface area (Å²) in [6, 6.07) is 3.93. The number of aromatic nitrogens is 1. The maximum atomic E-state index is 12.8. The first-order valence-corrected chi connectivity index (χ1v) is 5.47. The minimum atomic E-state index is -0.929. The molecule has 5 nitrogen and oxygen atoms in total. The zero-order valence-electron chi connectivity index (χ0n) is 10.2. The SMILES string of the molecule is CC(C)(CCC(=O)O)NC(=O)c1cccc(F)n1. The van der Waals surface area contributed by atoms with Gasteiger partial charge in [-0.3, -0.25) is 9.59 Å². The smallest absolute Gasteiger partial charge is 0.303 e. The van der Waals surface area contributed by atoms with Crippen molar-refractivity contribution in [2.45, 2.75) is 32.2 Å². The molecular weight excluding hydrogens is 239 g/mol. The second-order valence-electron chi connectivity index (χ2n) is 4.58. The van der Waals surface area contributed by atoms with Gasteiger partial charge in [-0.2, -0.15) is 4.39 Å². The maximum absolute atomic E-state index is 12.8. The van der Waals surface area contributed by atoms with E-state index in [1.165, 1.54) is 12.1 Å². The van der Waals surface area contributed by atoms with Gasteiger partial charge in [0, 0.05) is 12.0 Å². The highest BCUT2D eigenvalue weighted by molar-refractivity contribution is 5.92. The number of carboxylic acids is 1. The fourth-order valence-electron chi connectivity index (χ4n) is 1.39. The summed E-state index contributed by atoms with van der Waals surface area (Å²) in [5, 5.41) is 11.2. The predicted octanol–water partition coefficient (Wildman–Crippen LogP) is 1.59. The van der Waals surface area contributed by atoms with E-state index in [1.807, 2.05) is 0 Å². The highest BCUT2D eigenvalue weighted by Gasteiger charge is 2.22. The minimum absolute atomic E-state index is 0.0293. The van der Waals surface area contributed by atoms with Crippen LogP contribution >= 0.6 is 0 Å². The van der Waals surface area contributed by atoms with E-state index in [0.29, 0.717) is 0 Å². The highest BCUT2D eigenvalue weighted by atomic mass is 19.1. The van der Waals surface area contributed by atoms with Crippen LogP contribution in [0.5, 0.6) is 0 Å². The van der Waals surface area contributed by atoms with Gasteiger partial charge in [0.05, 0.1) is 0 Å². The molecule has 0 radical (unpaired) electrons. The molecule has 1 aromatic rings. The molecule has 0 bridgehead atoms. The van der Waals surface area contributed by atoms with Gasteiger partial charge in [0.1, 0.15) is 5.69 Å². The van der Waals surface area contributed by atoms with Crippen LogP contribution in [-0.2, 0) is 4.79 Å². The fourth-order valence-corrected chi connectivity index (χ4v) is 1.39. The van der Waals surface area contributed by atoms with Crippen molar-refractivity contribution in [2.24, 2.45) is 0 Å². The van der Waals surface area contributed by atoms with Crippen LogP contribution in [0.15, 0.2) is 18.2 Å². The topological polar surface area (TPSA) is 79.3 Å². The molecule has 0 atom stereocenters. The molecule has 18 heavy (non-hydrogen) atoms. The zero-order chi connectivity index (χ0) is 13.8. The number of carbonyl (C=O) groups is 2. The fraction of sp³-hybridized carbons (Fsp3) is 0.417. The van der Waals surface area contributed by atoms with E-state index >= 15 is 0 Å². The van der Waals surface area contributed by atoms with Crippen molar-refractivity contribution in [3.8, 4) is 0 Å². The van der Waals surface area contributed by atoms with E-state index < -0.39 is 23.4 Å². The van der Waals surface area contributed by atoms with Crippen LogP contribution in [0.4, 0.5) is 4.39 Å². The first-order valence-electron chi connectivity index (χ1n) is 5.47. The summed E-state index contributed by atoms with van der Waals surface area (Å²) >= 11 is 0. The van der Waals surface area contributed by atoms with Crippen molar-refractivity contribution in [1.29, 1.82) is 0 Å². The molecular formula is C12H15FN2O3. The van der Waals surface area contributed by atoms with Gasteiger partial charge in [0.25, 0.3) is 5.91 Å².